The zero-order valence-corrected chi connectivity index (χ0v) is 14.2. The van der Waals surface area contributed by atoms with Crippen molar-refractivity contribution in [2.24, 2.45) is 0 Å². The number of hydrogen-bond acceptors (Lipinski definition) is 4. The molecule has 126 valence electrons. The summed E-state index contributed by atoms with van der Waals surface area (Å²) < 4.78 is 4.99. The molecule has 0 heterocycles. The molecular formula is C18H18ClNO4. The van der Waals surface area contributed by atoms with Crippen LogP contribution in [0.2, 0.25) is 5.02 Å². The summed E-state index contributed by atoms with van der Waals surface area (Å²) in [5.74, 6) is -1.25. The Balaban J connectivity index is 1.91. The minimum atomic E-state index is -0.732. The summed E-state index contributed by atoms with van der Waals surface area (Å²) in [6.45, 7) is 1.78. The molecule has 0 radical (unpaired) electrons. The number of carbonyl (C=O) groups is 2. The molecule has 0 saturated heterocycles. The summed E-state index contributed by atoms with van der Waals surface area (Å²) in [6, 6.07) is 11.7. The highest BCUT2D eigenvalue weighted by Gasteiger charge is 2.16. The van der Waals surface area contributed by atoms with Crippen LogP contribution >= 0.6 is 11.6 Å². The van der Waals surface area contributed by atoms with E-state index in [4.69, 9.17) is 16.3 Å². The fourth-order valence-corrected chi connectivity index (χ4v) is 2.21. The number of likely N-dealkylation sites (N-methyl/N-ethyl adjacent to an activating group) is 1. The Kier molecular flexibility index (Phi) is 5.82. The number of aryl methyl sites for hydroxylation is 1. The molecule has 0 aliphatic heterocycles. The molecule has 0 bridgehead atoms. The number of phenolic OH excluding ortho intramolecular Hbond substituents is 1. The molecule has 0 saturated carbocycles. The molecule has 0 aromatic heterocycles. The number of aromatic hydroxyl groups is 1. The van der Waals surface area contributed by atoms with E-state index in [2.05, 4.69) is 0 Å². The second kappa shape index (κ2) is 7.84. The van der Waals surface area contributed by atoms with Gasteiger partial charge in [0.25, 0.3) is 5.91 Å². The van der Waals surface area contributed by atoms with Gasteiger partial charge in [-0.15, -0.1) is 0 Å². The maximum Gasteiger partial charge on any atom is 0.342 e. The molecule has 0 spiro atoms. The number of hydrogen-bond donors (Lipinski definition) is 1. The fraction of sp³-hybridized carbons (Fsp3) is 0.222. The molecule has 5 nitrogen and oxygen atoms in total. The van der Waals surface area contributed by atoms with E-state index in [0.717, 1.165) is 11.1 Å². The maximum atomic E-state index is 12.1. The van der Waals surface area contributed by atoms with Crippen LogP contribution in [0.5, 0.6) is 5.75 Å². The second-order valence-corrected chi connectivity index (χ2v) is 5.91. The van der Waals surface area contributed by atoms with Gasteiger partial charge < -0.3 is 14.7 Å². The Morgan fingerprint density at radius 2 is 1.83 bits per heavy atom. The Morgan fingerprint density at radius 3 is 2.50 bits per heavy atom. The number of benzene rings is 2. The van der Waals surface area contributed by atoms with Crippen LogP contribution < -0.4 is 0 Å². The molecular weight excluding hydrogens is 330 g/mol. The van der Waals surface area contributed by atoms with Crippen LogP contribution in [-0.4, -0.2) is 35.5 Å². The third-order valence-corrected chi connectivity index (χ3v) is 3.71. The molecule has 2 aromatic carbocycles. The molecule has 0 fully saturated rings. The normalized spacial score (nSPS) is 10.3. The average Bonchev–Trinajstić information content (AvgIpc) is 2.56. The lowest BCUT2D eigenvalue weighted by molar-refractivity contribution is -0.133. The highest BCUT2D eigenvalue weighted by molar-refractivity contribution is 6.30. The number of rotatable bonds is 5. The van der Waals surface area contributed by atoms with E-state index in [1.54, 1.807) is 32.2 Å². The van der Waals surface area contributed by atoms with E-state index >= 15 is 0 Å². The van der Waals surface area contributed by atoms with Gasteiger partial charge in [0.15, 0.2) is 6.61 Å². The van der Waals surface area contributed by atoms with Crippen molar-refractivity contribution in [2.45, 2.75) is 13.5 Å². The van der Waals surface area contributed by atoms with Gasteiger partial charge in [-0.3, -0.25) is 4.79 Å². The minimum absolute atomic E-state index is 0.0446. The number of phenols is 1. The number of halogens is 1. The molecule has 0 atom stereocenters. The molecule has 24 heavy (non-hydrogen) atoms. The van der Waals surface area contributed by atoms with Crippen molar-refractivity contribution >= 4 is 23.5 Å². The molecule has 0 aliphatic carbocycles. The van der Waals surface area contributed by atoms with Crippen molar-refractivity contribution in [2.75, 3.05) is 13.7 Å². The van der Waals surface area contributed by atoms with Crippen LogP contribution in [0, 0.1) is 6.92 Å². The first-order valence-corrected chi connectivity index (χ1v) is 7.70. The van der Waals surface area contributed by atoms with Gasteiger partial charge in [-0.25, -0.2) is 4.79 Å². The summed E-state index contributed by atoms with van der Waals surface area (Å²) in [4.78, 5) is 25.5. The Bertz CT molecular complexity index is 743. The standard InChI is InChI=1S/C18H18ClNO4/c1-12-3-8-16(21)15(9-12)18(23)24-11-17(22)20(2)10-13-4-6-14(19)7-5-13/h3-9,21H,10-11H2,1-2H3. The molecule has 0 aliphatic rings. The zero-order valence-electron chi connectivity index (χ0n) is 13.5. The first-order chi connectivity index (χ1) is 11.4. The predicted octanol–water partition coefficient (Wildman–Crippen LogP) is 3.17. The molecule has 2 aromatic rings. The van der Waals surface area contributed by atoms with Crippen LogP contribution in [-0.2, 0) is 16.1 Å². The fourth-order valence-electron chi connectivity index (χ4n) is 2.08. The Hall–Kier alpha value is -2.53. The van der Waals surface area contributed by atoms with Gasteiger partial charge in [-0.05, 0) is 36.8 Å². The zero-order chi connectivity index (χ0) is 17.7. The van der Waals surface area contributed by atoms with E-state index in [9.17, 15) is 14.7 Å². The largest absolute Gasteiger partial charge is 0.507 e. The van der Waals surface area contributed by atoms with E-state index in [1.165, 1.54) is 17.0 Å². The number of carbonyl (C=O) groups excluding carboxylic acids is 2. The van der Waals surface area contributed by atoms with Crippen molar-refractivity contribution in [3.05, 3.63) is 64.2 Å². The minimum Gasteiger partial charge on any atom is -0.507 e. The second-order valence-electron chi connectivity index (χ2n) is 5.47. The van der Waals surface area contributed by atoms with Crippen molar-refractivity contribution in [3.63, 3.8) is 0 Å². The van der Waals surface area contributed by atoms with E-state index in [0.29, 0.717) is 11.6 Å². The number of ether oxygens (including phenoxy) is 1. The highest BCUT2D eigenvalue weighted by Crippen LogP contribution is 2.19. The van der Waals surface area contributed by atoms with E-state index in [1.807, 2.05) is 12.1 Å². The summed E-state index contributed by atoms with van der Waals surface area (Å²) in [6.07, 6.45) is 0. The quantitative estimate of drug-likeness (QED) is 0.844. The SMILES string of the molecule is Cc1ccc(O)c(C(=O)OCC(=O)N(C)Cc2ccc(Cl)cc2)c1. The van der Waals surface area contributed by atoms with Crippen LogP contribution in [0.25, 0.3) is 0 Å². The predicted molar refractivity (Wildman–Crippen MR) is 91.1 cm³/mol. The van der Waals surface area contributed by atoms with Crippen molar-refractivity contribution in [1.82, 2.24) is 4.90 Å². The van der Waals surface area contributed by atoms with Gasteiger partial charge in [0.05, 0.1) is 0 Å². The van der Waals surface area contributed by atoms with Gasteiger partial charge in [-0.2, -0.15) is 0 Å². The van der Waals surface area contributed by atoms with Crippen molar-refractivity contribution in [3.8, 4) is 5.75 Å². The van der Waals surface area contributed by atoms with Crippen LogP contribution in [0.4, 0.5) is 0 Å². The Labute approximate surface area is 145 Å². The lowest BCUT2D eigenvalue weighted by atomic mass is 10.1. The Morgan fingerprint density at radius 1 is 1.17 bits per heavy atom. The topological polar surface area (TPSA) is 66.8 Å². The van der Waals surface area contributed by atoms with Crippen LogP contribution in [0.3, 0.4) is 0 Å². The van der Waals surface area contributed by atoms with Crippen LogP contribution in [0.15, 0.2) is 42.5 Å². The molecule has 0 unspecified atom stereocenters. The van der Waals surface area contributed by atoms with E-state index < -0.39 is 12.6 Å². The van der Waals surface area contributed by atoms with Crippen molar-refractivity contribution in [1.29, 1.82) is 0 Å². The molecule has 6 heteroatoms. The van der Waals surface area contributed by atoms with Gasteiger partial charge in [0.1, 0.15) is 11.3 Å². The lowest BCUT2D eigenvalue weighted by Crippen LogP contribution is -2.30. The molecule has 1 N–H and O–H groups in total. The van der Waals surface area contributed by atoms with Crippen LogP contribution in [0.1, 0.15) is 21.5 Å². The third kappa shape index (κ3) is 4.73. The summed E-state index contributed by atoms with van der Waals surface area (Å²) in [5.41, 5.74) is 1.77. The number of esters is 1. The first kappa shape index (κ1) is 17.8. The maximum absolute atomic E-state index is 12.1. The van der Waals surface area contributed by atoms with Gasteiger partial charge in [0, 0.05) is 18.6 Å². The van der Waals surface area contributed by atoms with Gasteiger partial charge in [0.2, 0.25) is 0 Å². The third-order valence-electron chi connectivity index (χ3n) is 3.46. The lowest BCUT2D eigenvalue weighted by Gasteiger charge is -2.17. The first-order valence-electron chi connectivity index (χ1n) is 7.32. The van der Waals surface area contributed by atoms with Gasteiger partial charge in [-0.1, -0.05) is 35.4 Å². The average molecular weight is 348 g/mol. The summed E-state index contributed by atoms with van der Waals surface area (Å²) in [5, 5.41) is 10.3. The van der Waals surface area contributed by atoms with E-state index in [-0.39, 0.29) is 17.2 Å². The smallest absolute Gasteiger partial charge is 0.342 e. The number of nitrogens with zero attached hydrogens (tertiary/aromatic N) is 1. The molecule has 1 amide bonds. The van der Waals surface area contributed by atoms with Gasteiger partial charge >= 0.3 is 5.97 Å². The number of amides is 1. The summed E-state index contributed by atoms with van der Waals surface area (Å²) in [7, 11) is 1.62. The summed E-state index contributed by atoms with van der Waals surface area (Å²) >= 11 is 5.82. The highest BCUT2D eigenvalue weighted by atomic mass is 35.5. The van der Waals surface area contributed by atoms with Crippen molar-refractivity contribution < 1.29 is 19.4 Å². The monoisotopic (exact) mass is 347 g/mol. The molecule has 2 rings (SSSR count).